The van der Waals surface area contributed by atoms with Crippen molar-refractivity contribution in [1.82, 2.24) is 0 Å². The summed E-state index contributed by atoms with van der Waals surface area (Å²) < 4.78 is 0. The van der Waals surface area contributed by atoms with Crippen molar-refractivity contribution in [3.05, 3.63) is 65.2 Å². The van der Waals surface area contributed by atoms with E-state index in [1.54, 1.807) is 23.2 Å². The third-order valence-electron chi connectivity index (χ3n) is 3.15. The first kappa shape index (κ1) is 17.0. The van der Waals surface area contributed by atoms with Crippen LogP contribution in [0.2, 0.25) is 5.02 Å². The van der Waals surface area contributed by atoms with Gasteiger partial charge in [-0.25, -0.2) is 0 Å². The summed E-state index contributed by atoms with van der Waals surface area (Å²) in [7, 11) is 0. The molecule has 2 aromatic rings. The summed E-state index contributed by atoms with van der Waals surface area (Å²) in [5.74, 6) is -0.139. The summed E-state index contributed by atoms with van der Waals surface area (Å²) in [6.45, 7) is 3.81. The van der Waals surface area contributed by atoms with Crippen molar-refractivity contribution in [2.24, 2.45) is 5.16 Å². The lowest BCUT2D eigenvalue weighted by Crippen LogP contribution is -2.39. The van der Waals surface area contributed by atoms with Gasteiger partial charge >= 0.3 is 0 Å². The zero-order valence-electron chi connectivity index (χ0n) is 13.1. The van der Waals surface area contributed by atoms with E-state index in [9.17, 15) is 4.79 Å². The zero-order valence-corrected chi connectivity index (χ0v) is 13.9. The number of para-hydroxylation sites is 1. The van der Waals surface area contributed by atoms with Gasteiger partial charge < -0.3 is 9.74 Å². The topological polar surface area (TPSA) is 41.9 Å². The monoisotopic (exact) mass is 330 g/mol. The largest absolute Gasteiger partial charge is 0.386 e. The molecule has 0 N–H and O–H groups in total. The molecule has 0 spiro atoms. The summed E-state index contributed by atoms with van der Waals surface area (Å²) in [5.41, 5.74) is 1.70. The smallest absolute Gasteiger partial charge is 0.267 e. The van der Waals surface area contributed by atoms with Gasteiger partial charge in [-0.05, 0) is 43.7 Å². The lowest BCUT2D eigenvalue weighted by atomic mass is 10.2. The van der Waals surface area contributed by atoms with Crippen LogP contribution >= 0.6 is 11.6 Å². The Labute approximate surface area is 141 Å². The third-order valence-corrected chi connectivity index (χ3v) is 3.41. The maximum atomic E-state index is 12.4. The van der Waals surface area contributed by atoms with Crippen LogP contribution in [-0.2, 0) is 9.63 Å². The number of anilines is 1. The van der Waals surface area contributed by atoms with Crippen molar-refractivity contribution in [3.8, 4) is 0 Å². The van der Waals surface area contributed by atoms with E-state index in [2.05, 4.69) is 5.16 Å². The molecule has 0 atom stereocenters. The highest BCUT2D eigenvalue weighted by molar-refractivity contribution is 6.30. The van der Waals surface area contributed by atoms with Gasteiger partial charge in [-0.1, -0.05) is 47.1 Å². The highest BCUT2D eigenvalue weighted by Gasteiger charge is 2.19. The Morgan fingerprint density at radius 2 is 1.83 bits per heavy atom. The molecule has 120 valence electrons. The van der Waals surface area contributed by atoms with E-state index >= 15 is 0 Å². The molecule has 0 aliphatic rings. The Morgan fingerprint density at radius 3 is 2.43 bits per heavy atom. The lowest BCUT2D eigenvalue weighted by molar-refractivity contribution is -0.123. The number of hydrogen-bond acceptors (Lipinski definition) is 3. The quantitative estimate of drug-likeness (QED) is 0.590. The van der Waals surface area contributed by atoms with Crippen LogP contribution in [0.1, 0.15) is 19.4 Å². The maximum absolute atomic E-state index is 12.4. The van der Waals surface area contributed by atoms with Crippen molar-refractivity contribution in [2.45, 2.75) is 19.9 Å². The molecule has 4 nitrogen and oxygen atoms in total. The number of hydrogen-bond donors (Lipinski definition) is 0. The second-order valence-corrected chi connectivity index (χ2v) is 5.69. The first-order valence-corrected chi connectivity index (χ1v) is 7.73. The summed E-state index contributed by atoms with van der Waals surface area (Å²) in [6.07, 6.45) is 1.55. The molecule has 5 heteroatoms. The van der Waals surface area contributed by atoms with Crippen molar-refractivity contribution in [1.29, 1.82) is 0 Å². The van der Waals surface area contributed by atoms with E-state index in [0.717, 1.165) is 11.3 Å². The Bertz CT molecular complexity index is 654. The van der Waals surface area contributed by atoms with Crippen molar-refractivity contribution in [2.75, 3.05) is 11.5 Å². The van der Waals surface area contributed by atoms with Gasteiger partial charge in [-0.3, -0.25) is 4.79 Å². The fraction of sp³-hybridized carbons (Fsp3) is 0.222. The number of carbonyl (C=O) groups excluding carboxylic acids is 1. The predicted octanol–water partition coefficient (Wildman–Crippen LogP) is 4.13. The van der Waals surface area contributed by atoms with Crippen LogP contribution in [-0.4, -0.2) is 24.8 Å². The molecule has 0 heterocycles. The summed E-state index contributed by atoms with van der Waals surface area (Å²) in [6, 6.07) is 16.7. The molecule has 0 aliphatic heterocycles. The van der Waals surface area contributed by atoms with Crippen molar-refractivity contribution in [3.63, 3.8) is 0 Å². The van der Waals surface area contributed by atoms with E-state index < -0.39 is 0 Å². The number of halogens is 1. The SMILES string of the molecule is CC(C)N(C(=O)CON=Cc1ccc(Cl)cc1)c1ccccc1. The molecule has 0 radical (unpaired) electrons. The average molecular weight is 331 g/mol. The Kier molecular flexibility index (Phi) is 6.18. The fourth-order valence-corrected chi connectivity index (χ4v) is 2.25. The van der Waals surface area contributed by atoms with Crippen LogP contribution in [0.5, 0.6) is 0 Å². The number of rotatable bonds is 6. The molecular formula is C18H19ClN2O2. The molecule has 1 amide bonds. The van der Waals surface area contributed by atoms with Gasteiger partial charge in [0.15, 0.2) is 6.61 Å². The summed E-state index contributed by atoms with van der Waals surface area (Å²) >= 11 is 5.81. The third kappa shape index (κ3) is 5.11. The van der Waals surface area contributed by atoms with Crippen molar-refractivity contribution < 1.29 is 9.63 Å². The number of benzene rings is 2. The highest BCUT2D eigenvalue weighted by Crippen LogP contribution is 2.16. The Balaban J connectivity index is 1.93. The highest BCUT2D eigenvalue weighted by atomic mass is 35.5. The minimum Gasteiger partial charge on any atom is -0.386 e. The lowest BCUT2D eigenvalue weighted by Gasteiger charge is -2.26. The molecule has 0 saturated carbocycles. The molecule has 0 fully saturated rings. The van der Waals surface area contributed by atoms with Crippen LogP contribution in [0.4, 0.5) is 5.69 Å². The Morgan fingerprint density at radius 1 is 1.17 bits per heavy atom. The predicted molar refractivity (Wildman–Crippen MR) is 94.1 cm³/mol. The molecule has 2 aromatic carbocycles. The first-order valence-electron chi connectivity index (χ1n) is 7.36. The van der Waals surface area contributed by atoms with Gasteiger partial charge in [0, 0.05) is 16.8 Å². The van der Waals surface area contributed by atoms with Gasteiger partial charge in [0.25, 0.3) is 5.91 Å². The standard InChI is InChI=1S/C18H19ClN2O2/c1-14(2)21(17-6-4-3-5-7-17)18(22)13-23-20-12-15-8-10-16(19)11-9-15/h3-12,14H,13H2,1-2H3. The van der Waals surface area contributed by atoms with E-state index in [4.69, 9.17) is 16.4 Å². The van der Waals surface area contributed by atoms with E-state index in [1.165, 1.54) is 0 Å². The van der Waals surface area contributed by atoms with E-state index in [1.807, 2.05) is 56.3 Å². The number of carbonyl (C=O) groups is 1. The zero-order chi connectivity index (χ0) is 16.7. The molecule has 0 saturated heterocycles. The number of nitrogens with zero attached hydrogens (tertiary/aromatic N) is 2. The maximum Gasteiger partial charge on any atom is 0.267 e. The van der Waals surface area contributed by atoms with Crippen LogP contribution in [0, 0.1) is 0 Å². The van der Waals surface area contributed by atoms with Crippen LogP contribution < -0.4 is 4.90 Å². The van der Waals surface area contributed by atoms with Gasteiger partial charge in [-0.15, -0.1) is 0 Å². The minimum atomic E-state index is -0.139. The van der Waals surface area contributed by atoms with Crippen LogP contribution in [0.25, 0.3) is 0 Å². The second-order valence-electron chi connectivity index (χ2n) is 5.25. The minimum absolute atomic E-state index is 0.0359. The van der Waals surface area contributed by atoms with Crippen LogP contribution in [0.15, 0.2) is 59.8 Å². The van der Waals surface area contributed by atoms with E-state index in [0.29, 0.717) is 5.02 Å². The Hall–Kier alpha value is -2.33. The van der Waals surface area contributed by atoms with Gasteiger partial charge in [0.2, 0.25) is 0 Å². The number of amides is 1. The molecule has 0 aromatic heterocycles. The molecular weight excluding hydrogens is 312 g/mol. The molecule has 23 heavy (non-hydrogen) atoms. The summed E-state index contributed by atoms with van der Waals surface area (Å²) in [4.78, 5) is 19.2. The molecule has 2 rings (SSSR count). The number of oxime groups is 1. The molecule has 0 unspecified atom stereocenters. The normalized spacial score (nSPS) is 11.0. The molecule has 0 bridgehead atoms. The van der Waals surface area contributed by atoms with Gasteiger partial charge in [0.05, 0.1) is 6.21 Å². The van der Waals surface area contributed by atoms with Crippen molar-refractivity contribution >= 4 is 29.4 Å². The van der Waals surface area contributed by atoms with Gasteiger partial charge in [0.1, 0.15) is 0 Å². The molecule has 0 aliphatic carbocycles. The van der Waals surface area contributed by atoms with Gasteiger partial charge in [-0.2, -0.15) is 0 Å². The first-order chi connectivity index (χ1) is 11.1. The summed E-state index contributed by atoms with van der Waals surface area (Å²) in [5, 5.41) is 4.49. The second kappa shape index (κ2) is 8.34. The van der Waals surface area contributed by atoms with Crippen LogP contribution in [0.3, 0.4) is 0 Å². The van der Waals surface area contributed by atoms with E-state index in [-0.39, 0.29) is 18.6 Å². The fourth-order valence-electron chi connectivity index (χ4n) is 2.13. The average Bonchev–Trinajstić information content (AvgIpc) is 2.54.